The highest BCUT2D eigenvalue weighted by Crippen LogP contribution is 2.41. The zero-order chi connectivity index (χ0) is 26.4. The van der Waals surface area contributed by atoms with E-state index >= 15 is 0 Å². The molecule has 0 atom stereocenters. The van der Waals surface area contributed by atoms with E-state index in [-0.39, 0.29) is 28.0 Å². The highest BCUT2D eigenvalue weighted by atomic mass is 32.2. The summed E-state index contributed by atoms with van der Waals surface area (Å²) in [6, 6.07) is 12.8. The van der Waals surface area contributed by atoms with Crippen LogP contribution in [0.2, 0.25) is 0 Å². The number of thioether (sulfide) groups is 1. The fourth-order valence-corrected chi connectivity index (χ4v) is 5.35. The number of benzene rings is 2. The first kappa shape index (κ1) is 26.4. The van der Waals surface area contributed by atoms with Crippen molar-refractivity contribution in [1.82, 2.24) is 9.55 Å². The van der Waals surface area contributed by atoms with Crippen LogP contribution in [0.1, 0.15) is 52.6 Å². The quantitative estimate of drug-likeness (QED) is 0.112. The molecule has 4 N–H and O–H groups in total. The molecule has 0 bridgehead atoms. The number of carbonyl (C=O) groups is 2. The van der Waals surface area contributed by atoms with Crippen LogP contribution in [0.4, 0.5) is 10.8 Å². The van der Waals surface area contributed by atoms with Gasteiger partial charge in [0.15, 0.2) is 10.8 Å². The lowest BCUT2D eigenvalue weighted by Crippen LogP contribution is -1.97. The van der Waals surface area contributed by atoms with Gasteiger partial charge >= 0.3 is 11.9 Å². The molecule has 2 heterocycles. The first-order valence-corrected chi connectivity index (χ1v) is 13.7. The number of azo groups is 1. The molecule has 11 heteroatoms. The standard InChI is InChI=1S/C26H27N5O4S2/c1-2-3-4-12-31-21-10-9-18(36-13-11-16-5-7-17(8-6-16)25(34)35)14-19(21)22(24(31)33)29-30-23(32)20-15-37-26(27)28-20/h5-10,14-15,33H,2-4,11-13H2,1H3,(H2,27,28)(H,34,35). The second kappa shape index (κ2) is 12.0. The molecular weight excluding hydrogens is 510 g/mol. The fourth-order valence-electron chi connectivity index (χ4n) is 3.87. The maximum atomic E-state index is 12.4. The summed E-state index contributed by atoms with van der Waals surface area (Å²) in [4.78, 5) is 28.4. The highest BCUT2D eigenvalue weighted by Gasteiger charge is 2.18. The summed E-state index contributed by atoms with van der Waals surface area (Å²) in [6.45, 7) is 2.75. The lowest BCUT2D eigenvalue weighted by Gasteiger charge is -2.07. The van der Waals surface area contributed by atoms with E-state index in [0.29, 0.717) is 11.9 Å². The number of hydrogen-bond donors (Lipinski definition) is 3. The third kappa shape index (κ3) is 6.36. The first-order chi connectivity index (χ1) is 17.9. The van der Waals surface area contributed by atoms with Gasteiger partial charge in [-0.05, 0) is 48.7 Å². The number of rotatable bonds is 11. The number of anilines is 1. The van der Waals surface area contributed by atoms with Crippen LogP contribution >= 0.6 is 23.1 Å². The molecule has 0 unspecified atom stereocenters. The van der Waals surface area contributed by atoms with Crippen molar-refractivity contribution in [3.05, 3.63) is 64.7 Å². The number of nitrogens with two attached hydrogens (primary N) is 1. The molecule has 4 rings (SSSR count). The van der Waals surface area contributed by atoms with E-state index in [1.165, 1.54) is 5.38 Å². The lowest BCUT2D eigenvalue weighted by atomic mass is 10.1. The lowest BCUT2D eigenvalue weighted by molar-refractivity contribution is 0.0696. The molecule has 2 aromatic heterocycles. The van der Waals surface area contributed by atoms with Crippen LogP contribution in [0.3, 0.4) is 0 Å². The Hall–Kier alpha value is -3.70. The van der Waals surface area contributed by atoms with Gasteiger partial charge in [-0.25, -0.2) is 9.78 Å². The van der Waals surface area contributed by atoms with E-state index in [4.69, 9.17) is 10.8 Å². The Morgan fingerprint density at radius 2 is 1.95 bits per heavy atom. The summed E-state index contributed by atoms with van der Waals surface area (Å²) in [7, 11) is 0. The van der Waals surface area contributed by atoms with Crippen molar-refractivity contribution in [2.24, 2.45) is 10.2 Å². The van der Waals surface area contributed by atoms with Gasteiger partial charge in [0.05, 0.1) is 11.1 Å². The van der Waals surface area contributed by atoms with Crippen molar-refractivity contribution in [1.29, 1.82) is 0 Å². The van der Waals surface area contributed by atoms with Crippen LogP contribution in [-0.4, -0.2) is 37.4 Å². The maximum Gasteiger partial charge on any atom is 0.335 e. The fraction of sp³-hybridized carbons (Fsp3) is 0.269. The van der Waals surface area contributed by atoms with Gasteiger partial charge in [0, 0.05) is 28.0 Å². The molecule has 2 aromatic carbocycles. The summed E-state index contributed by atoms with van der Waals surface area (Å²) in [6.07, 6.45) is 3.75. The van der Waals surface area contributed by atoms with Crippen molar-refractivity contribution < 1.29 is 19.8 Å². The number of aromatic carboxylic acids is 1. The molecule has 0 aliphatic heterocycles. The molecule has 1 amide bonds. The number of aromatic hydroxyl groups is 1. The summed E-state index contributed by atoms with van der Waals surface area (Å²) >= 11 is 2.79. The summed E-state index contributed by atoms with van der Waals surface area (Å²) in [5, 5.41) is 30.5. The molecule has 0 saturated heterocycles. The van der Waals surface area contributed by atoms with Crippen LogP contribution in [-0.2, 0) is 13.0 Å². The van der Waals surface area contributed by atoms with Crippen LogP contribution in [0.15, 0.2) is 63.0 Å². The monoisotopic (exact) mass is 537 g/mol. The van der Waals surface area contributed by atoms with Crippen LogP contribution < -0.4 is 5.73 Å². The van der Waals surface area contributed by atoms with E-state index in [2.05, 4.69) is 22.1 Å². The smallest absolute Gasteiger partial charge is 0.335 e. The van der Waals surface area contributed by atoms with Gasteiger partial charge in [0.2, 0.25) is 5.88 Å². The van der Waals surface area contributed by atoms with Gasteiger partial charge < -0.3 is 20.5 Å². The molecule has 0 aliphatic carbocycles. The largest absolute Gasteiger partial charge is 0.493 e. The molecule has 37 heavy (non-hydrogen) atoms. The normalized spacial score (nSPS) is 11.5. The van der Waals surface area contributed by atoms with Crippen LogP contribution in [0, 0.1) is 0 Å². The van der Waals surface area contributed by atoms with Gasteiger partial charge in [-0.1, -0.05) is 31.9 Å². The minimum atomic E-state index is -0.940. The molecule has 0 saturated carbocycles. The topological polar surface area (TPSA) is 143 Å². The number of hydrogen-bond acceptors (Lipinski definition) is 8. The van der Waals surface area contributed by atoms with Crippen molar-refractivity contribution in [2.45, 2.75) is 44.0 Å². The molecule has 0 aliphatic rings. The zero-order valence-corrected chi connectivity index (χ0v) is 21.9. The molecule has 9 nitrogen and oxygen atoms in total. The van der Waals surface area contributed by atoms with E-state index in [1.807, 2.05) is 34.9 Å². The van der Waals surface area contributed by atoms with E-state index < -0.39 is 11.9 Å². The van der Waals surface area contributed by atoms with Crippen molar-refractivity contribution >= 4 is 56.7 Å². The van der Waals surface area contributed by atoms with E-state index in [9.17, 15) is 14.7 Å². The number of nitrogen functional groups attached to an aromatic ring is 1. The molecular formula is C26H27N5O4S2. The number of thiazole rings is 1. The number of fused-ring (bicyclic) bond motifs is 1. The summed E-state index contributed by atoms with van der Waals surface area (Å²) in [5.74, 6) is -0.814. The average Bonchev–Trinajstić information content (AvgIpc) is 3.44. The zero-order valence-electron chi connectivity index (χ0n) is 20.3. The number of aryl methyl sites for hydroxylation is 2. The first-order valence-electron chi connectivity index (χ1n) is 11.8. The third-order valence-electron chi connectivity index (χ3n) is 5.81. The Morgan fingerprint density at radius 3 is 2.62 bits per heavy atom. The highest BCUT2D eigenvalue weighted by molar-refractivity contribution is 7.99. The Morgan fingerprint density at radius 1 is 1.16 bits per heavy atom. The summed E-state index contributed by atoms with van der Waals surface area (Å²) < 4.78 is 1.81. The molecule has 0 spiro atoms. The van der Waals surface area contributed by atoms with Gasteiger partial charge in [0.25, 0.3) is 0 Å². The predicted octanol–water partition coefficient (Wildman–Crippen LogP) is 6.53. The number of carboxylic acid groups (broad SMARTS) is 1. The number of nitrogens with zero attached hydrogens (tertiary/aromatic N) is 4. The van der Waals surface area contributed by atoms with Gasteiger partial charge in [-0.15, -0.1) is 33.3 Å². The number of carboxylic acids is 1. The molecule has 192 valence electrons. The third-order valence-corrected chi connectivity index (χ3v) is 7.48. The van der Waals surface area contributed by atoms with E-state index in [0.717, 1.165) is 58.7 Å². The number of unbranched alkanes of at least 4 members (excludes halogenated alkanes) is 2. The second-order valence-electron chi connectivity index (χ2n) is 8.39. The van der Waals surface area contributed by atoms with Crippen molar-refractivity contribution in [3.8, 4) is 5.88 Å². The number of carbonyl (C=O) groups excluding carboxylic acids is 1. The maximum absolute atomic E-state index is 12.4. The van der Waals surface area contributed by atoms with E-state index in [1.54, 1.807) is 23.9 Å². The Kier molecular flexibility index (Phi) is 8.57. The molecule has 0 radical (unpaired) electrons. The number of aromatic nitrogens is 2. The van der Waals surface area contributed by atoms with Gasteiger partial charge in [0.1, 0.15) is 5.69 Å². The molecule has 0 fully saturated rings. The summed E-state index contributed by atoms with van der Waals surface area (Å²) in [5.41, 5.74) is 8.11. The second-order valence-corrected chi connectivity index (χ2v) is 10.4. The minimum Gasteiger partial charge on any atom is -0.493 e. The average molecular weight is 538 g/mol. The Balaban J connectivity index is 1.56. The Bertz CT molecular complexity index is 1440. The number of amides is 1. The van der Waals surface area contributed by atoms with Crippen LogP contribution in [0.25, 0.3) is 10.9 Å². The molecule has 4 aromatic rings. The predicted molar refractivity (Wildman–Crippen MR) is 146 cm³/mol. The Labute approximate surface area is 222 Å². The van der Waals surface area contributed by atoms with Crippen molar-refractivity contribution in [3.63, 3.8) is 0 Å². The van der Waals surface area contributed by atoms with Crippen LogP contribution in [0.5, 0.6) is 5.88 Å². The van der Waals surface area contributed by atoms with Gasteiger partial charge in [-0.3, -0.25) is 4.79 Å². The van der Waals surface area contributed by atoms with Gasteiger partial charge in [-0.2, -0.15) is 0 Å². The van der Waals surface area contributed by atoms with Crippen molar-refractivity contribution in [2.75, 3.05) is 11.5 Å². The SMILES string of the molecule is CCCCCn1c(O)c(N=NC(=O)c2csc(N)n2)c2cc(SCCc3ccc(C(=O)O)cc3)ccc21. The minimum absolute atomic E-state index is 0.0267.